The molecule has 1 aromatic carbocycles. The van der Waals surface area contributed by atoms with Crippen LogP contribution in [0.1, 0.15) is 85.0 Å². The lowest BCUT2D eigenvalue weighted by Gasteiger charge is -2.59. The molecule has 2 amide bonds. The highest BCUT2D eigenvalue weighted by Crippen LogP contribution is 2.46. The molecule has 4 bridgehead atoms. The van der Waals surface area contributed by atoms with Gasteiger partial charge in [-0.05, 0) is 94.1 Å². The average molecular weight is 990 g/mol. The van der Waals surface area contributed by atoms with Crippen molar-refractivity contribution in [3.05, 3.63) is 71.8 Å². The summed E-state index contributed by atoms with van der Waals surface area (Å²) in [4.78, 5) is 65.4. The number of cyclic esters (lactones) is 1. The van der Waals surface area contributed by atoms with E-state index in [0.29, 0.717) is 52.2 Å². The lowest BCUT2D eigenvalue weighted by molar-refractivity contribution is -0.212. The van der Waals surface area contributed by atoms with Crippen LogP contribution in [0.5, 0.6) is 0 Å². The topological polar surface area (TPSA) is 176 Å². The van der Waals surface area contributed by atoms with Crippen LogP contribution < -0.4 is 26.2 Å². The number of likely N-dealkylation sites (N-methyl/N-ethyl adjacent to an activating group) is 1. The highest BCUT2D eigenvalue weighted by molar-refractivity contribution is 5.95. The molecule has 4 aromatic rings. The number of benzene rings is 1. The van der Waals surface area contributed by atoms with Crippen LogP contribution >= 0.6 is 0 Å². The normalized spacial score (nSPS) is 29.4. The van der Waals surface area contributed by atoms with Crippen LogP contribution in [0.25, 0.3) is 22.2 Å². The number of hydrogen-bond donors (Lipinski definition) is 3. The van der Waals surface area contributed by atoms with E-state index in [9.17, 15) is 4.79 Å². The average Bonchev–Trinajstić information content (AvgIpc) is 3.97. The number of nitrogens with zero attached hydrogens (tertiary/aromatic N) is 8. The number of ether oxygens (including phenoxy) is 3. The van der Waals surface area contributed by atoms with E-state index >= 15 is 9.59 Å². The van der Waals surface area contributed by atoms with E-state index in [1.54, 1.807) is 0 Å². The number of nitrogens with one attached hydrogen (secondary N) is 2. The summed E-state index contributed by atoms with van der Waals surface area (Å²) in [6.07, 6.45) is 8.71. The zero-order chi connectivity index (χ0) is 49.9. The number of piperazine rings is 1. The van der Waals surface area contributed by atoms with E-state index in [1.807, 2.05) is 24.7 Å². The quantitative estimate of drug-likeness (QED) is 0.232. The third kappa shape index (κ3) is 9.27. The maximum absolute atomic E-state index is 15.2. The Balaban J connectivity index is 0.00000336. The molecule has 4 N–H and O–H groups in total. The maximum Gasteiger partial charge on any atom is 0.322 e. The van der Waals surface area contributed by atoms with Gasteiger partial charge in [0.1, 0.15) is 12.1 Å². The second-order valence-corrected chi connectivity index (χ2v) is 22.8. The van der Waals surface area contributed by atoms with Crippen molar-refractivity contribution in [3.63, 3.8) is 0 Å². The number of hydrogen-bond acceptors (Lipinski definition) is 14. The smallest absolute Gasteiger partial charge is 0.322 e. The number of likely N-dealkylation sites (tertiary alicyclic amines) is 1. The minimum atomic E-state index is -0.943. The Morgan fingerprint density at radius 1 is 0.972 bits per heavy atom. The first kappa shape index (κ1) is 49.1. The van der Waals surface area contributed by atoms with E-state index in [1.165, 1.54) is 5.56 Å². The third-order valence-corrected chi connectivity index (χ3v) is 17.0. The minimum Gasteiger partial charge on any atom is -0.464 e. The van der Waals surface area contributed by atoms with Gasteiger partial charge in [0.05, 0.1) is 73.9 Å². The Morgan fingerprint density at radius 2 is 1.79 bits per heavy atom. The Hall–Kier alpha value is -5.17. The molecular formula is C55H79N11O6. The van der Waals surface area contributed by atoms with E-state index < -0.39 is 41.7 Å². The first-order valence-electron chi connectivity index (χ1n) is 26.7. The van der Waals surface area contributed by atoms with Crippen LogP contribution in [0.15, 0.2) is 55.0 Å². The monoisotopic (exact) mass is 990 g/mol. The highest BCUT2D eigenvalue weighted by atomic mass is 16.5. The Kier molecular flexibility index (Phi) is 13.6. The van der Waals surface area contributed by atoms with Crippen molar-refractivity contribution in [2.24, 2.45) is 16.6 Å². The summed E-state index contributed by atoms with van der Waals surface area (Å²) in [7, 11) is 2.17. The molecule has 5 fully saturated rings. The third-order valence-electron chi connectivity index (χ3n) is 17.0. The Labute approximate surface area is 427 Å². The summed E-state index contributed by atoms with van der Waals surface area (Å²) in [5.74, 6) is -1.03. The molecule has 11 rings (SSSR count). The first-order chi connectivity index (χ1) is 34.8. The van der Waals surface area contributed by atoms with Crippen LogP contribution in [0.4, 0.5) is 11.4 Å². The highest BCUT2D eigenvalue weighted by Gasteiger charge is 2.56. The van der Waals surface area contributed by atoms with Gasteiger partial charge in [-0.2, -0.15) is 0 Å². The molecule has 0 saturated carbocycles. The maximum atomic E-state index is 15.2. The molecule has 10 heterocycles. The molecule has 7 aliphatic rings. The molecule has 390 valence electrons. The van der Waals surface area contributed by atoms with Gasteiger partial charge in [-0.1, -0.05) is 26.8 Å². The molecule has 0 radical (unpaired) electrons. The van der Waals surface area contributed by atoms with Crippen molar-refractivity contribution in [2.75, 3.05) is 109 Å². The summed E-state index contributed by atoms with van der Waals surface area (Å²) >= 11 is 0. The standard InChI is InChI=1S/C55H75N11O6.2H2/c1-6-65-43-14-13-37-25-40(43)41(49(65)36-24-38(28-57-27-36)62-20-18-61(5)19-21-62)26-54(3,4)32-72-53(69)42(56)11-8-16-59-51(67)47(50(45-29-63(37)22-23-71-45)64-30-55(31-64)33-70-34-55)60-52(68)48-35(2)39-10-7-15-58-46(39)44-12-9-17-66(44)48;;/h7,10,13-15,24-25,27-28,35,42,44-45,47-48,50H,6,8-9,11-12,16-23,26,29-34,56H2,1-5H3,(H,59,67)(H,60,68);2*1H/t35?,42-,44+,45+,47-,48-,50+;;/m0../s1. The van der Waals surface area contributed by atoms with Gasteiger partial charge in [-0.15, -0.1) is 0 Å². The van der Waals surface area contributed by atoms with Gasteiger partial charge >= 0.3 is 5.97 Å². The number of aromatic nitrogens is 3. The van der Waals surface area contributed by atoms with Gasteiger partial charge in [0.15, 0.2) is 0 Å². The summed E-state index contributed by atoms with van der Waals surface area (Å²) in [6, 6.07) is 10.4. The largest absolute Gasteiger partial charge is 0.464 e. The van der Waals surface area contributed by atoms with Crippen molar-refractivity contribution in [1.29, 1.82) is 0 Å². The van der Waals surface area contributed by atoms with Gasteiger partial charge in [0.2, 0.25) is 11.8 Å². The molecule has 5 saturated heterocycles. The van der Waals surface area contributed by atoms with Gasteiger partial charge < -0.3 is 49.8 Å². The van der Waals surface area contributed by atoms with Crippen LogP contribution in [0, 0.1) is 10.8 Å². The summed E-state index contributed by atoms with van der Waals surface area (Å²) in [5, 5.41) is 7.74. The number of nitrogens with two attached hydrogens (primary N) is 1. The number of fused-ring (bicyclic) bond motifs is 7. The van der Waals surface area contributed by atoms with Crippen molar-refractivity contribution in [1.82, 2.24) is 39.9 Å². The Bertz CT molecular complexity index is 2670. The van der Waals surface area contributed by atoms with Crippen molar-refractivity contribution >= 4 is 40.1 Å². The molecule has 72 heavy (non-hydrogen) atoms. The van der Waals surface area contributed by atoms with E-state index in [0.717, 1.165) is 110 Å². The fourth-order valence-corrected chi connectivity index (χ4v) is 13.2. The number of pyridine rings is 2. The van der Waals surface area contributed by atoms with Gasteiger partial charge in [0.25, 0.3) is 0 Å². The SMILES string of the molecule is CCn1c(-c2cncc(N3CCN(C)CC3)c2)c2c3cc(ccc31)N1CCO[C@H](C1)[C@@H](N1CC3(COC3)C1)[C@H](NC(=O)[C@@H]1C(C)c3cccnc3[C@H]3CCCN31)C(=O)NCCC[C@H](N)C(=O)OCC(C)(C)C2.[HH].[HH]. The van der Waals surface area contributed by atoms with Gasteiger partial charge in [-0.25, -0.2) is 0 Å². The number of anilines is 2. The molecule has 7 aliphatic heterocycles. The van der Waals surface area contributed by atoms with Crippen LogP contribution in [0.2, 0.25) is 0 Å². The van der Waals surface area contributed by atoms with Crippen LogP contribution in [0.3, 0.4) is 0 Å². The molecule has 17 heteroatoms. The van der Waals surface area contributed by atoms with Crippen LogP contribution in [-0.2, 0) is 41.6 Å². The van der Waals surface area contributed by atoms with Crippen molar-refractivity contribution < 1.29 is 31.4 Å². The number of amides is 2. The lowest BCUT2D eigenvalue weighted by Crippen LogP contribution is -2.75. The van der Waals surface area contributed by atoms with Crippen molar-refractivity contribution in [3.8, 4) is 11.3 Å². The van der Waals surface area contributed by atoms with Crippen LogP contribution in [-0.4, -0.2) is 176 Å². The number of esters is 1. The molecule has 1 spiro atoms. The van der Waals surface area contributed by atoms with Gasteiger partial charge in [-0.3, -0.25) is 34.2 Å². The number of morpholine rings is 1. The first-order valence-corrected chi connectivity index (χ1v) is 26.7. The number of carbonyl (C=O) groups is 3. The predicted octanol–water partition coefficient (Wildman–Crippen LogP) is 4.42. The summed E-state index contributed by atoms with van der Waals surface area (Å²) in [5.41, 5.74) is 14.9. The van der Waals surface area contributed by atoms with Gasteiger partial charge in [0, 0.05) is 120 Å². The molecule has 17 nitrogen and oxygen atoms in total. The number of rotatable bonds is 6. The minimum absolute atomic E-state index is 0. The summed E-state index contributed by atoms with van der Waals surface area (Å²) in [6.45, 7) is 18.9. The zero-order valence-electron chi connectivity index (χ0n) is 43.0. The zero-order valence-corrected chi connectivity index (χ0v) is 43.0. The van der Waals surface area contributed by atoms with E-state index in [-0.39, 0.29) is 45.2 Å². The molecule has 1 unspecified atom stereocenters. The molecular weight excluding hydrogens is 911 g/mol. The predicted molar refractivity (Wildman–Crippen MR) is 281 cm³/mol. The number of aryl methyl sites for hydroxylation is 1. The van der Waals surface area contributed by atoms with Crippen molar-refractivity contribution in [2.45, 2.75) is 109 Å². The van der Waals surface area contributed by atoms with E-state index in [4.69, 9.17) is 29.9 Å². The molecule has 3 aromatic heterocycles. The molecule has 7 atom stereocenters. The lowest BCUT2D eigenvalue weighted by atomic mass is 9.75. The Morgan fingerprint density at radius 3 is 2.57 bits per heavy atom. The second-order valence-electron chi connectivity index (χ2n) is 22.8. The fraction of sp³-hybridized carbons (Fsp3) is 0.618. The van der Waals surface area contributed by atoms with E-state index in [2.05, 4.69) is 105 Å². The second kappa shape index (κ2) is 19.9. The molecule has 0 aliphatic carbocycles. The fourth-order valence-electron chi connectivity index (χ4n) is 13.2. The summed E-state index contributed by atoms with van der Waals surface area (Å²) < 4.78 is 21.1. The number of carbonyl (C=O) groups excluding carboxylic acids is 3.